The Bertz CT molecular complexity index is 493. The zero-order valence-electron chi connectivity index (χ0n) is 9.96. The van der Waals surface area contributed by atoms with Gasteiger partial charge < -0.3 is 15.7 Å². The van der Waals surface area contributed by atoms with Crippen molar-refractivity contribution in [2.45, 2.75) is 12.1 Å². The Kier molecular flexibility index (Phi) is 4.42. The van der Waals surface area contributed by atoms with E-state index in [1.807, 2.05) is 12.2 Å². The molecule has 102 valence electrons. The topological polar surface area (TPSA) is 79.5 Å². The number of hydrogen-bond acceptors (Lipinski definition) is 4. The second-order valence-corrected chi connectivity index (χ2v) is 5.02. The first kappa shape index (κ1) is 14.3. The summed E-state index contributed by atoms with van der Waals surface area (Å²) in [5, 5.41) is 10.6. The summed E-state index contributed by atoms with van der Waals surface area (Å²) in [7, 11) is 0. The zero-order valence-corrected chi connectivity index (χ0v) is 11.5. The molecule has 1 amide bonds. The molecule has 19 heavy (non-hydrogen) atoms. The van der Waals surface area contributed by atoms with E-state index >= 15 is 0 Å². The van der Waals surface area contributed by atoms with Crippen molar-refractivity contribution in [1.82, 2.24) is 9.88 Å². The van der Waals surface area contributed by atoms with Crippen LogP contribution in [-0.2, 0) is 4.79 Å². The lowest BCUT2D eigenvalue weighted by atomic mass is 10.0. The maximum Gasteiger partial charge on any atom is 0.243 e. The van der Waals surface area contributed by atoms with E-state index in [9.17, 15) is 9.90 Å². The molecule has 2 atom stereocenters. The number of halogens is 2. The molecule has 2 unspecified atom stereocenters. The molecule has 1 aromatic heterocycles. The van der Waals surface area contributed by atoms with Crippen molar-refractivity contribution in [3.05, 3.63) is 40.2 Å². The number of aromatic nitrogens is 1. The average Bonchev–Trinajstić information content (AvgIpc) is 2.90. The third-order valence-electron chi connectivity index (χ3n) is 2.94. The van der Waals surface area contributed by atoms with Crippen LogP contribution in [0.2, 0.25) is 10.0 Å². The molecule has 0 bridgehead atoms. The minimum Gasteiger partial charge on any atom is -0.386 e. The van der Waals surface area contributed by atoms with Gasteiger partial charge in [-0.25, -0.2) is 0 Å². The minimum atomic E-state index is -1.27. The molecule has 1 aliphatic heterocycles. The highest BCUT2D eigenvalue weighted by atomic mass is 35.5. The van der Waals surface area contributed by atoms with E-state index in [1.54, 1.807) is 0 Å². The van der Waals surface area contributed by atoms with E-state index < -0.39 is 12.1 Å². The first-order chi connectivity index (χ1) is 9.02. The van der Waals surface area contributed by atoms with Gasteiger partial charge in [0.25, 0.3) is 0 Å². The molecule has 0 aromatic carbocycles. The van der Waals surface area contributed by atoms with Gasteiger partial charge in [0.2, 0.25) is 5.91 Å². The number of nitrogens with two attached hydrogens (primary N) is 1. The second kappa shape index (κ2) is 5.88. The fourth-order valence-electron chi connectivity index (χ4n) is 1.89. The molecule has 0 saturated carbocycles. The maximum atomic E-state index is 12.1. The molecule has 0 fully saturated rings. The molecule has 2 rings (SSSR count). The number of amides is 1. The van der Waals surface area contributed by atoms with Crippen LogP contribution in [-0.4, -0.2) is 40.0 Å². The highest BCUT2D eigenvalue weighted by molar-refractivity contribution is 6.35. The number of nitrogens with zero attached hydrogens (tertiary/aromatic N) is 2. The summed E-state index contributed by atoms with van der Waals surface area (Å²) >= 11 is 11.9. The third kappa shape index (κ3) is 2.90. The monoisotopic (exact) mass is 301 g/mol. The third-order valence-corrected chi connectivity index (χ3v) is 3.54. The number of carbonyl (C=O) groups is 1. The number of hydrogen-bond donors (Lipinski definition) is 2. The average molecular weight is 302 g/mol. The van der Waals surface area contributed by atoms with Crippen LogP contribution in [0.15, 0.2) is 24.5 Å². The Morgan fingerprint density at radius 3 is 2.37 bits per heavy atom. The van der Waals surface area contributed by atoms with Gasteiger partial charge in [-0.15, -0.1) is 0 Å². The summed E-state index contributed by atoms with van der Waals surface area (Å²) in [6, 6.07) is -1.11. The second-order valence-electron chi connectivity index (χ2n) is 4.20. The van der Waals surface area contributed by atoms with Crippen molar-refractivity contribution in [1.29, 1.82) is 0 Å². The molecule has 0 radical (unpaired) electrons. The number of aliphatic hydroxyl groups excluding tert-OH is 1. The Balaban J connectivity index is 2.18. The summed E-state index contributed by atoms with van der Waals surface area (Å²) in [5.41, 5.74) is 6.03. The van der Waals surface area contributed by atoms with Gasteiger partial charge in [0.15, 0.2) is 0 Å². The summed E-state index contributed by atoms with van der Waals surface area (Å²) in [4.78, 5) is 17.4. The Hall–Kier alpha value is -1.14. The predicted octanol–water partition coefficient (Wildman–Crippen LogP) is 1.15. The first-order valence-corrected chi connectivity index (χ1v) is 6.44. The number of aliphatic hydroxyl groups is 1. The van der Waals surface area contributed by atoms with Crippen molar-refractivity contribution in [2.75, 3.05) is 13.1 Å². The van der Waals surface area contributed by atoms with Gasteiger partial charge in [0.05, 0.1) is 10.0 Å². The lowest BCUT2D eigenvalue weighted by Gasteiger charge is -2.25. The Morgan fingerprint density at radius 2 is 1.84 bits per heavy atom. The van der Waals surface area contributed by atoms with Crippen LogP contribution < -0.4 is 5.73 Å². The van der Waals surface area contributed by atoms with Crippen molar-refractivity contribution in [2.24, 2.45) is 5.73 Å². The van der Waals surface area contributed by atoms with Gasteiger partial charge in [-0.3, -0.25) is 9.78 Å². The van der Waals surface area contributed by atoms with Crippen molar-refractivity contribution < 1.29 is 9.90 Å². The van der Waals surface area contributed by atoms with Crippen LogP contribution in [0.1, 0.15) is 11.7 Å². The molecule has 7 heteroatoms. The predicted molar refractivity (Wildman–Crippen MR) is 72.9 cm³/mol. The molecule has 1 aromatic rings. The molecule has 0 spiro atoms. The molecule has 2 heterocycles. The number of carbonyl (C=O) groups excluding carboxylic acids is 1. The van der Waals surface area contributed by atoms with E-state index in [-0.39, 0.29) is 21.5 Å². The highest BCUT2D eigenvalue weighted by Crippen LogP contribution is 2.31. The maximum absolute atomic E-state index is 12.1. The van der Waals surface area contributed by atoms with E-state index in [1.165, 1.54) is 17.3 Å². The molecule has 5 nitrogen and oxygen atoms in total. The van der Waals surface area contributed by atoms with Crippen LogP contribution in [0.4, 0.5) is 0 Å². The fourth-order valence-corrected chi connectivity index (χ4v) is 2.48. The van der Waals surface area contributed by atoms with Crippen molar-refractivity contribution >= 4 is 29.1 Å². The molecule has 3 N–H and O–H groups in total. The summed E-state index contributed by atoms with van der Waals surface area (Å²) < 4.78 is 0. The SMILES string of the molecule is NC(C(=O)N1CC=CC1)C(O)c1c(Cl)cncc1Cl. The summed E-state index contributed by atoms with van der Waals surface area (Å²) in [6.45, 7) is 0.994. The normalized spacial score (nSPS) is 17.6. The molecular formula is C12H13Cl2N3O2. The van der Waals surface area contributed by atoms with Gasteiger partial charge >= 0.3 is 0 Å². The molecular weight excluding hydrogens is 289 g/mol. The molecule has 0 aliphatic carbocycles. The summed E-state index contributed by atoms with van der Waals surface area (Å²) in [6.07, 6.45) is 5.16. The first-order valence-electron chi connectivity index (χ1n) is 5.68. The van der Waals surface area contributed by atoms with Crippen LogP contribution in [0.25, 0.3) is 0 Å². The van der Waals surface area contributed by atoms with Crippen molar-refractivity contribution in [3.63, 3.8) is 0 Å². The lowest BCUT2D eigenvalue weighted by molar-refractivity contribution is -0.133. The van der Waals surface area contributed by atoms with Crippen molar-refractivity contribution in [3.8, 4) is 0 Å². The summed E-state index contributed by atoms with van der Waals surface area (Å²) in [5.74, 6) is -0.346. The standard InChI is InChI=1S/C12H13Cl2N3O2/c13-7-5-16-6-8(14)9(7)11(18)10(15)12(19)17-3-1-2-4-17/h1-2,5-6,10-11,18H,3-4,15H2. The number of rotatable bonds is 3. The molecule has 0 saturated heterocycles. The van der Waals surface area contributed by atoms with Crippen LogP contribution in [0, 0.1) is 0 Å². The van der Waals surface area contributed by atoms with E-state index in [0.29, 0.717) is 13.1 Å². The van der Waals surface area contributed by atoms with Gasteiger partial charge in [0, 0.05) is 31.0 Å². The lowest BCUT2D eigenvalue weighted by Crippen LogP contribution is -2.46. The van der Waals surface area contributed by atoms with E-state index in [0.717, 1.165) is 0 Å². The van der Waals surface area contributed by atoms with Gasteiger partial charge in [-0.1, -0.05) is 35.4 Å². The number of pyridine rings is 1. The highest BCUT2D eigenvalue weighted by Gasteiger charge is 2.31. The van der Waals surface area contributed by atoms with E-state index in [4.69, 9.17) is 28.9 Å². The van der Waals surface area contributed by atoms with Gasteiger partial charge in [-0.05, 0) is 0 Å². The van der Waals surface area contributed by atoms with Crippen LogP contribution >= 0.6 is 23.2 Å². The Labute approximate surface area is 120 Å². The van der Waals surface area contributed by atoms with Gasteiger partial charge in [0.1, 0.15) is 12.1 Å². The zero-order chi connectivity index (χ0) is 14.0. The minimum absolute atomic E-state index is 0.183. The Morgan fingerprint density at radius 1 is 1.32 bits per heavy atom. The smallest absolute Gasteiger partial charge is 0.243 e. The van der Waals surface area contributed by atoms with Gasteiger partial charge in [-0.2, -0.15) is 0 Å². The molecule has 1 aliphatic rings. The van der Waals surface area contributed by atoms with Crippen LogP contribution in [0.5, 0.6) is 0 Å². The largest absolute Gasteiger partial charge is 0.386 e. The fraction of sp³-hybridized carbons (Fsp3) is 0.333. The van der Waals surface area contributed by atoms with Crippen LogP contribution in [0.3, 0.4) is 0 Å². The quantitative estimate of drug-likeness (QED) is 0.821. The van der Waals surface area contributed by atoms with E-state index in [2.05, 4.69) is 4.98 Å².